The number of esters is 1. The maximum atomic E-state index is 12.3. The van der Waals surface area contributed by atoms with Crippen LogP contribution >= 0.6 is 0 Å². The van der Waals surface area contributed by atoms with Crippen LogP contribution in [0.5, 0.6) is 5.75 Å². The van der Waals surface area contributed by atoms with E-state index in [9.17, 15) is 18.0 Å². The second-order valence-electron chi connectivity index (χ2n) is 8.87. The molecule has 3 rings (SSSR count). The molecule has 0 aliphatic heterocycles. The summed E-state index contributed by atoms with van der Waals surface area (Å²) in [6.45, 7) is 6.44. The molecule has 0 aromatic heterocycles. The van der Waals surface area contributed by atoms with Gasteiger partial charge in [0.25, 0.3) is 0 Å². The highest BCUT2D eigenvalue weighted by Crippen LogP contribution is 2.46. The predicted octanol–water partition coefficient (Wildman–Crippen LogP) is 5.41. The maximum absolute atomic E-state index is 12.3. The van der Waals surface area contributed by atoms with E-state index in [1.54, 1.807) is 0 Å². The van der Waals surface area contributed by atoms with Gasteiger partial charge in [0.05, 0.1) is 0 Å². The number of carboxylic acids is 1. The normalized spacial score (nSPS) is 15.0. The molecule has 0 heterocycles. The van der Waals surface area contributed by atoms with Gasteiger partial charge in [0, 0.05) is 0 Å². The molecule has 6 nitrogen and oxygen atoms in total. The number of halogens is 3. The summed E-state index contributed by atoms with van der Waals surface area (Å²) < 4.78 is 43.1. The predicted molar refractivity (Wildman–Crippen MR) is 125 cm³/mol. The van der Waals surface area contributed by atoms with Crippen molar-refractivity contribution in [3.63, 3.8) is 0 Å². The summed E-state index contributed by atoms with van der Waals surface area (Å²) in [5.74, 6) is -0.828. The van der Waals surface area contributed by atoms with Crippen LogP contribution in [0, 0.1) is 5.92 Å². The fraction of sp³-hybridized carbons (Fsp3) is 0.462. The van der Waals surface area contributed by atoms with Crippen molar-refractivity contribution in [3.05, 3.63) is 65.2 Å². The van der Waals surface area contributed by atoms with Crippen LogP contribution in [0.25, 0.3) is 0 Å². The number of para-hydroxylation sites is 1. The molecule has 1 aliphatic carbocycles. The Morgan fingerprint density at radius 2 is 1.60 bits per heavy atom. The minimum absolute atomic E-state index is 0.116. The molecule has 0 bridgehead atoms. The van der Waals surface area contributed by atoms with Crippen molar-refractivity contribution in [2.24, 2.45) is 11.7 Å². The molecule has 2 unspecified atom stereocenters. The molecule has 0 radical (unpaired) electrons. The Morgan fingerprint density at radius 3 is 2.11 bits per heavy atom. The molecule has 0 spiro atoms. The molecule has 2 atom stereocenters. The molecule has 2 aromatic carbocycles. The smallest absolute Gasteiger partial charge is 0.475 e. The summed E-state index contributed by atoms with van der Waals surface area (Å²) in [4.78, 5) is 21.2. The van der Waals surface area contributed by atoms with E-state index in [4.69, 9.17) is 25.1 Å². The number of nitrogens with two attached hydrogens (primary N) is 1. The minimum Gasteiger partial charge on any atom is -0.475 e. The third-order valence-electron chi connectivity index (χ3n) is 5.77. The van der Waals surface area contributed by atoms with Gasteiger partial charge in [0.2, 0.25) is 6.79 Å². The molecule has 192 valence electrons. The van der Waals surface area contributed by atoms with E-state index < -0.39 is 24.2 Å². The van der Waals surface area contributed by atoms with Gasteiger partial charge in [-0.15, -0.1) is 0 Å². The van der Waals surface area contributed by atoms with Crippen LogP contribution in [0.1, 0.15) is 62.1 Å². The number of hydrogen-bond acceptors (Lipinski definition) is 5. The fourth-order valence-electron chi connectivity index (χ4n) is 3.61. The average molecular weight is 496 g/mol. The molecule has 35 heavy (non-hydrogen) atoms. The standard InChI is InChI=1S/C24H31NO3.C2HF3O2/c1-16(2)20-10-7-11-21(17(3)19-12-13-19)23(20)27-15-28-24(26)22(25)14-18-8-5-4-6-9-18;3-2(4,5)1(6)7/h4-11,16-17,19,22H,12-15,25H2,1-3H3;(H,6,7). The Balaban J connectivity index is 0.000000540. The molecule has 2 aromatic rings. The number of alkyl halides is 3. The monoisotopic (exact) mass is 495 g/mol. The van der Waals surface area contributed by atoms with Gasteiger partial charge in [0.1, 0.15) is 11.8 Å². The van der Waals surface area contributed by atoms with E-state index in [2.05, 4.69) is 39.0 Å². The lowest BCUT2D eigenvalue weighted by atomic mass is 9.90. The molecule has 0 saturated heterocycles. The molecule has 1 aliphatic rings. The Labute approximate surface area is 203 Å². The first kappa shape index (κ1) is 28.2. The number of carbonyl (C=O) groups is 2. The van der Waals surface area contributed by atoms with Gasteiger partial charge < -0.3 is 20.3 Å². The Hall–Kier alpha value is -3.07. The van der Waals surface area contributed by atoms with Crippen molar-refractivity contribution in [2.75, 3.05) is 6.79 Å². The third-order valence-corrected chi connectivity index (χ3v) is 5.77. The largest absolute Gasteiger partial charge is 0.490 e. The second-order valence-corrected chi connectivity index (χ2v) is 8.87. The first-order valence-corrected chi connectivity index (χ1v) is 11.4. The molecule has 9 heteroatoms. The Kier molecular flexibility index (Phi) is 10.1. The fourth-order valence-corrected chi connectivity index (χ4v) is 3.61. The summed E-state index contributed by atoms with van der Waals surface area (Å²) in [6.07, 6.45) is -2.09. The van der Waals surface area contributed by atoms with Crippen LogP contribution < -0.4 is 10.5 Å². The summed E-state index contributed by atoms with van der Waals surface area (Å²) >= 11 is 0. The zero-order chi connectivity index (χ0) is 26.2. The van der Waals surface area contributed by atoms with E-state index in [0.717, 1.165) is 22.8 Å². The summed E-state index contributed by atoms with van der Waals surface area (Å²) in [5, 5.41) is 7.12. The molecule has 3 N–H and O–H groups in total. The SMILES string of the molecule is CC(C)c1cccc(C(C)C2CC2)c1OCOC(=O)C(N)Cc1ccccc1.O=C(O)C(F)(F)F. The minimum atomic E-state index is -5.08. The summed E-state index contributed by atoms with van der Waals surface area (Å²) in [6, 6.07) is 15.3. The first-order chi connectivity index (χ1) is 16.4. The lowest BCUT2D eigenvalue weighted by molar-refractivity contribution is -0.192. The number of aliphatic carboxylic acids is 1. The quantitative estimate of drug-likeness (QED) is 0.357. The van der Waals surface area contributed by atoms with Gasteiger partial charge in [-0.3, -0.25) is 4.79 Å². The average Bonchev–Trinajstić information content (AvgIpc) is 3.64. The number of hydrogen-bond donors (Lipinski definition) is 2. The molecule has 1 fully saturated rings. The lowest BCUT2D eigenvalue weighted by Crippen LogP contribution is -2.35. The van der Waals surface area contributed by atoms with Crippen molar-refractivity contribution in [1.82, 2.24) is 0 Å². The summed E-state index contributed by atoms with van der Waals surface area (Å²) in [7, 11) is 0. The van der Waals surface area contributed by atoms with Gasteiger partial charge in [0.15, 0.2) is 0 Å². The van der Waals surface area contributed by atoms with Crippen LogP contribution in [0.4, 0.5) is 13.2 Å². The van der Waals surface area contributed by atoms with Crippen LogP contribution in [0.3, 0.4) is 0 Å². The van der Waals surface area contributed by atoms with Crippen LogP contribution in [0.15, 0.2) is 48.5 Å². The van der Waals surface area contributed by atoms with E-state index in [0.29, 0.717) is 18.3 Å². The van der Waals surface area contributed by atoms with Crippen LogP contribution in [-0.4, -0.2) is 36.1 Å². The van der Waals surface area contributed by atoms with Gasteiger partial charge in [-0.25, -0.2) is 4.79 Å². The van der Waals surface area contributed by atoms with Gasteiger partial charge in [-0.05, 0) is 53.7 Å². The van der Waals surface area contributed by atoms with E-state index >= 15 is 0 Å². The zero-order valence-electron chi connectivity index (χ0n) is 20.0. The van der Waals surface area contributed by atoms with E-state index in [1.165, 1.54) is 18.4 Å². The Bertz CT molecular complexity index is 975. The highest BCUT2D eigenvalue weighted by atomic mass is 19.4. The lowest BCUT2D eigenvalue weighted by Gasteiger charge is -2.21. The zero-order valence-corrected chi connectivity index (χ0v) is 20.0. The van der Waals surface area contributed by atoms with Crippen molar-refractivity contribution in [1.29, 1.82) is 0 Å². The van der Waals surface area contributed by atoms with Crippen molar-refractivity contribution in [3.8, 4) is 5.75 Å². The number of ether oxygens (including phenoxy) is 2. The van der Waals surface area contributed by atoms with Gasteiger partial charge >= 0.3 is 18.1 Å². The number of carbonyl (C=O) groups excluding carboxylic acids is 1. The van der Waals surface area contributed by atoms with Gasteiger partial charge in [-0.1, -0.05) is 69.3 Å². The summed E-state index contributed by atoms with van der Waals surface area (Å²) in [5.41, 5.74) is 9.37. The topological polar surface area (TPSA) is 98.9 Å². The van der Waals surface area contributed by atoms with E-state index in [1.807, 2.05) is 30.3 Å². The highest BCUT2D eigenvalue weighted by Gasteiger charge is 2.38. The van der Waals surface area contributed by atoms with Crippen molar-refractivity contribution in [2.45, 2.75) is 64.1 Å². The van der Waals surface area contributed by atoms with Crippen LogP contribution in [-0.2, 0) is 20.7 Å². The molecule has 1 saturated carbocycles. The molecular formula is C26H32F3NO5. The highest BCUT2D eigenvalue weighted by molar-refractivity contribution is 5.75. The van der Waals surface area contributed by atoms with Crippen molar-refractivity contribution >= 4 is 11.9 Å². The maximum Gasteiger partial charge on any atom is 0.490 e. The van der Waals surface area contributed by atoms with Crippen LogP contribution in [0.2, 0.25) is 0 Å². The second kappa shape index (κ2) is 12.6. The molecule has 0 amide bonds. The number of rotatable bonds is 9. The van der Waals surface area contributed by atoms with Gasteiger partial charge in [-0.2, -0.15) is 13.2 Å². The molecular weight excluding hydrogens is 463 g/mol. The van der Waals surface area contributed by atoms with E-state index in [-0.39, 0.29) is 6.79 Å². The first-order valence-electron chi connectivity index (χ1n) is 11.4. The number of carboxylic acid groups (broad SMARTS) is 1. The van der Waals surface area contributed by atoms with Crippen molar-refractivity contribution < 1.29 is 37.3 Å². The third kappa shape index (κ3) is 8.90. The Morgan fingerprint density at radius 1 is 1.03 bits per heavy atom. The number of benzene rings is 2.